The average molecular weight is 307 g/mol. The van der Waals surface area contributed by atoms with E-state index in [1.54, 1.807) is 7.11 Å². The average Bonchev–Trinajstić information content (AvgIpc) is 2.62. The lowest BCUT2D eigenvalue weighted by Gasteiger charge is -2.14. The molecule has 0 saturated heterocycles. The third-order valence-electron chi connectivity index (χ3n) is 4.12. The fourth-order valence-corrected chi connectivity index (χ4v) is 2.90. The van der Waals surface area contributed by atoms with Gasteiger partial charge in [-0.05, 0) is 28.0 Å². The summed E-state index contributed by atoms with van der Waals surface area (Å²) in [5, 5.41) is 15.3. The number of hydrogen-bond donors (Lipinski definition) is 2. The van der Waals surface area contributed by atoms with Gasteiger partial charge in [0.2, 0.25) is 0 Å². The van der Waals surface area contributed by atoms with Crippen LogP contribution in [0.25, 0.3) is 10.8 Å². The van der Waals surface area contributed by atoms with Gasteiger partial charge >= 0.3 is 0 Å². The molecule has 0 saturated carbocycles. The predicted octanol–water partition coefficient (Wildman–Crippen LogP) is 3.63. The molecule has 3 aromatic rings. The molecule has 0 fully saturated rings. The highest BCUT2D eigenvalue weighted by Gasteiger charge is 2.08. The highest BCUT2D eigenvalue weighted by atomic mass is 16.5. The summed E-state index contributed by atoms with van der Waals surface area (Å²) in [5.74, 6) is 0.895. The Labute approximate surface area is 136 Å². The van der Waals surface area contributed by atoms with Gasteiger partial charge in [0.25, 0.3) is 0 Å². The normalized spacial score (nSPS) is 10.9. The van der Waals surface area contributed by atoms with E-state index in [-0.39, 0.29) is 6.61 Å². The van der Waals surface area contributed by atoms with Gasteiger partial charge in [0.05, 0.1) is 13.7 Å². The first-order valence-electron chi connectivity index (χ1n) is 7.76. The van der Waals surface area contributed by atoms with Crippen LogP contribution in [0.5, 0.6) is 5.75 Å². The lowest BCUT2D eigenvalue weighted by molar-refractivity contribution is 0.280. The molecule has 0 radical (unpaired) electrons. The Kier molecular flexibility index (Phi) is 4.91. The Balaban J connectivity index is 1.81. The number of nitrogens with one attached hydrogen (secondary N) is 1. The van der Waals surface area contributed by atoms with Crippen LogP contribution in [0.1, 0.15) is 16.7 Å². The van der Waals surface area contributed by atoms with Gasteiger partial charge in [-0.15, -0.1) is 0 Å². The maximum Gasteiger partial charge on any atom is 0.123 e. The summed E-state index contributed by atoms with van der Waals surface area (Å²) in [6.07, 6.45) is 0. The van der Waals surface area contributed by atoms with Crippen LogP contribution in [0.15, 0.2) is 60.7 Å². The van der Waals surface area contributed by atoms with Crippen LogP contribution in [0.3, 0.4) is 0 Å². The first-order valence-corrected chi connectivity index (χ1v) is 7.76. The van der Waals surface area contributed by atoms with E-state index in [4.69, 9.17) is 4.74 Å². The van der Waals surface area contributed by atoms with Gasteiger partial charge in [-0.2, -0.15) is 0 Å². The van der Waals surface area contributed by atoms with Gasteiger partial charge in [0.15, 0.2) is 0 Å². The van der Waals surface area contributed by atoms with E-state index < -0.39 is 0 Å². The first kappa shape index (κ1) is 15.5. The zero-order chi connectivity index (χ0) is 16.1. The number of aliphatic hydroxyl groups is 1. The minimum Gasteiger partial charge on any atom is -0.496 e. The molecule has 0 spiro atoms. The smallest absolute Gasteiger partial charge is 0.123 e. The quantitative estimate of drug-likeness (QED) is 0.730. The van der Waals surface area contributed by atoms with Crippen molar-refractivity contribution in [1.82, 2.24) is 5.32 Å². The molecule has 0 amide bonds. The summed E-state index contributed by atoms with van der Waals surface area (Å²) < 4.78 is 5.52. The summed E-state index contributed by atoms with van der Waals surface area (Å²) in [6.45, 7) is 1.49. The number of methoxy groups -OCH3 is 1. The van der Waals surface area contributed by atoms with E-state index in [2.05, 4.69) is 23.5 Å². The minimum atomic E-state index is 0.0649. The topological polar surface area (TPSA) is 41.5 Å². The molecule has 0 aliphatic rings. The summed E-state index contributed by atoms with van der Waals surface area (Å²) in [4.78, 5) is 0. The monoisotopic (exact) mass is 307 g/mol. The van der Waals surface area contributed by atoms with E-state index in [1.165, 1.54) is 10.8 Å². The van der Waals surface area contributed by atoms with Crippen LogP contribution >= 0.6 is 0 Å². The predicted molar refractivity (Wildman–Crippen MR) is 93.4 cm³/mol. The van der Waals surface area contributed by atoms with Crippen molar-refractivity contribution in [3.8, 4) is 5.75 Å². The fourth-order valence-electron chi connectivity index (χ4n) is 2.90. The highest BCUT2D eigenvalue weighted by molar-refractivity contribution is 5.87. The van der Waals surface area contributed by atoms with Gasteiger partial charge in [-0.1, -0.05) is 54.6 Å². The Morgan fingerprint density at radius 2 is 1.61 bits per heavy atom. The Bertz CT molecular complexity index is 799. The Hall–Kier alpha value is -2.36. The van der Waals surface area contributed by atoms with Crippen LogP contribution in [-0.4, -0.2) is 12.2 Å². The Morgan fingerprint density at radius 1 is 0.870 bits per heavy atom. The molecule has 0 heterocycles. The van der Waals surface area contributed by atoms with Gasteiger partial charge in [0, 0.05) is 18.7 Å². The second-order valence-electron chi connectivity index (χ2n) is 5.50. The molecule has 0 bridgehead atoms. The maximum absolute atomic E-state index is 9.41. The van der Waals surface area contributed by atoms with E-state index in [1.807, 2.05) is 42.5 Å². The van der Waals surface area contributed by atoms with E-state index >= 15 is 0 Å². The zero-order valence-electron chi connectivity index (χ0n) is 13.3. The second-order valence-corrected chi connectivity index (χ2v) is 5.50. The second kappa shape index (κ2) is 7.27. The van der Waals surface area contributed by atoms with Gasteiger partial charge in [-0.25, -0.2) is 0 Å². The molecule has 23 heavy (non-hydrogen) atoms. The lowest BCUT2D eigenvalue weighted by Crippen LogP contribution is -2.15. The number of aliphatic hydroxyl groups excluding tert-OH is 1. The number of ether oxygens (including phenoxy) is 1. The molecule has 3 aromatic carbocycles. The van der Waals surface area contributed by atoms with Crippen LogP contribution in [0, 0.1) is 0 Å². The minimum absolute atomic E-state index is 0.0649. The number of benzene rings is 3. The van der Waals surface area contributed by atoms with Crippen molar-refractivity contribution < 1.29 is 9.84 Å². The number of fused-ring (bicyclic) bond motifs is 1. The molecule has 3 nitrogen and oxygen atoms in total. The summed E-state index contributed by atoms with van der Waals surface area (Å²) in [7, 11) is 1.70. The third-order valence-corrected chi connectivity index (χ3v) is 4.12. The van der Waals surface area contributed by atoms with Crippen LogP contribution in [0.4, 0.5) is 0 Å². The van der Waals surface area contributed by atoms with Gasteiger partial charge in [-0.3, -0.25) is 0 Å². The van der Waals surface area contributed by atoms with E-state index in [0.29, 0.717) is 13.1 Å². The van der Waals surface area contributed by atoms with Crippen molar-refractivity contribution in [3.05, 3.63) is 77.4 Å². The van der Waals surface area contributed by atoms with Crippen LogP contribution in [-0.2, 0) is 19.7 Å². The molecule has 0 aromatic heterocycles. The number of rotatable bonds is 6. The largest absolute Gasteiger partial charge is 0.496 e. The SMILES string of the molecule is COc1ccc2ccccc2c1CNCc1ccccc1CO. The summed E-state index contributed by atoms with van der Waals surface area (Å²) in [6, 6.07) is 20.4. The van der Waals surface area contributed by atoms with Crippen LogP contribution in [0.2, 0.25) is 0 Å². The van der Waals surface area contributed by atoms with Gasteiger partial charge < -0.3 is 15.2 Å². The molecule has 0 aliphatic carbocycles. The first-order chi connectivity index (χ1) is 11.3. The summed E-state index contributed by atoms with van der Waals surface area (Å²) in [5.41, 5.74) is 3.24. The molecule has 3 heteroatoms. The molecule has 3 rings (SSSR count). The van der Waals surface area contributed by atoms with Crippen molar-refractivity contribution in [2.45, 2.75) is 19.7 Å². The van der Waals surface area contributed by atoms with Crippen molar-refractivity contribution >= 4 is 10.8 Å². The lowest BCUT2D eigenvalue weighted by atomic mass is 10.0. The number of hydrogen-bond acceptors (Lipinski definition) is 3. The maximum atomic E-state index is 9.41. The molecular weight excluding hydrogens is 286 g/mol. The molecule has 118 valence electrons. The van der Waals surface area contributed by atoms with Crippen molar-refractivity contribution in [2.24, 2.45) is 0 Å². The third kappa shape index (κ3) is 3.36. The van der Waals surface area contributed by atoms with Gasteiger partial charge in [0.1, 0.15) is 5.75 Å². The molecule has 0 aliphatic heterocycles. The van der Waals surface area contributed by atoms with E-state index in [9.17, 15) is 5.11 Å². The highest BCUT2D eigenvalue weighted by Crippen LogP contribution is 2.27. The van der Waals surface area contributed by atoms with E-state index in [0.717, 1.165) is 22.4 Å². The molecule has 0 unspecified atom stereocenters. The summed E-state index contributed by atoms with van der Waals surface area (Å²) >= 11 is 0. The molecule has 2 N–H and O–H groups in total. The van der Waals surface area contributed by atoms with Crippen LogP contribution < -0.4 is 10.1 Å². The van der Waals surface area contributed by atoms with Crippen molar-refractivity contribution in [2.75, 3.05) is 7.11 Å². The van der Waals surface area contributed by atoms with Crippen molar-refractivity contribution in [1.29, 1.82) is 0 Å². The standard InChI is InChI=1S/C20H21NO2/c1-23-20-11-10-15-6-4-5-9-18(15)19(20)13-21-12-16-7-2-3-8-17(16)14-22/h2-11,21-22H,12-14H2,1H3. The molecular formula is C20H21NO2. The zero-order valence-corrected chi connectivity index (χ0v) is 13.3. The Morgan fingerprint density at radius 3 is 2.39 bits per heavy atom. The molecule has 0 atom stereocenters. The van der Waals surface area contributed by atoms with Crippen molar-refractivity contribution in [3.63, 3.8) is 0 Å². The fraction of sp³-hybridized carbons (Fsp3) is 0.200.